The van der Waals surface area contributed by atoms with Crippen LogP contribution in [-0.2, 0) is 5.75 Å². The second-order valence-corrected chi connectivity index (χ2v) is 8.58. The summed E-state index contributed by atoms with van der Waals surface area (Å²) in [7, 11) is 0. The minimum absolute atomic E-state index is 0.0898. The second-order valence-electron chi connectivity index (χ2n) is 4.82. The lowest BCUT2D eigenvalue weighted by Gasteiger charge is -2.00. The van der Waals surface area contributed by atoms with Gasteiger partial charge in [-0.15, -0.1) is 16.4 Å². The molecule has 0 saturated carbocycles. The van der Waals surface area contributed by atoms with E-state index in [9.17, 15) is 4.79 Å². The van der Waals surface area contributed by atoms with Crippen LogP contribution in [0.2, 0.25) is 0 Å². The van der Waals surface area contributed by atoms with Gasteiger partial charge in [0.15, 0.2) is 8.29 Å². The summed E-state index contributed by atoms with van der Waals surface area (Å²) < 4.78 is 3.95. The Morgan fingerprint density at radius 2 is 2.08 bits per heavy atom. The number of aromatic nitrogens is 4. The van der Waals surface area contributed by atoms with E-state index in [1.165, 1.54) is 34.4 Å². The first-order chi connectivity index (χ1) is 11.7. The first-order valence-electron chi connectivity index (χ1n) is 6.95. The number of benzene rings is 1. The van der Waals surface area contributed by atoms with E-state index in [0.29, 0.717) is 20.2 Å². The average molecular weight is 391 g/mol. The SMILES string of the molecule is O=c1[nH]c(CSc2nn(-c3ccccc3)c(=S)s2)nc2ccsc12. The zero-order valence-corrected chi connectivity index (χ0v) is 15.4. The third-order valence-electron chi connectivity index (χ3n) is 3.23. The van der Waals surface area contributed by atoms with Gasteiger partial charge in [0, 0.05) is 0 Å². The predicted molar refractivity (Wildman–Crippen MR) is 102 cm³/mol. The van der Waals surface area contributed by atoms with Gasteiger partial charge in [-0.3, -0.25) is 4.79 Å². The Labute approximate surface area is 154 Å². The fourth-order valence-electron chi connectivity index (χ4n) is 2.17. The molecular weight excluding hydrogens is 380 g/mol. The fourth-order valence-corrected chi connectivity index (χ4v) is 5.13. The number of aromatic amines is 1. The number of hydrogen-bond acceptors (Lipinski definition) is 7. The molecule has 4 aromatic rings. The Hall–Kier alpha value is -1.81. The van der Waals surface area contributed by atoms with Gasteiger partial charge in [-0.25, -0.2) is 9.67 Å². The molecule has 0 radical (unpaired) electrons. The highest BCUT2D eigenvalue weighted by Gasteiger charge is 2.09. The van der Waals surface area contributed by atoms with Crippen molar-refractivity contribution in [3.63, 3.8) is 0 Å². The lowest BCUT2D eigenvalue weighted by molar-refractivity contribution is 0.829. The summed E-state index contributed by atoms with van der Waals surface area (Å²) in [6.45, 7) is 0. The van der Waals surface area contributed by atoms with E-state index in [4.69, 9.17) is 12.2 Å². The van der Waals surface area contributed by atoms with E-state index in [2.05, 4.69) is 15.1 Å². The van der Waals surface area contributed by atoms with E-state index < -0.39 is 0 Å². The van der Waals surface area contributed by atoms with Crippen molar-refractivity contribution in [2.24, 2.45) is 0 Å². The first-order valence-corrected chi connectivity index (χ1v) is 10.0. The van der Waals surface area contributed by atoms with E-state index >= 15 is 0 Å². The predicted octanol–water partition coefficient (Wildman–Crippen LogP) is 4.25. The van der Waals surface area contributed by atoms with Crippen molar-refractivity contribution < 1.29 is 0 Å². The largest absolute Gasteiger partial charge is 0.309 e. The molecule has 3 aromatic heterocycles. The number of thiophene rings is 1. The van der Waals surface area contributed by atoms with E-state index in [0.717, 1.165) is 15.5 Å². The number of nitrogens with one attached hydrogen (secondary N) is 1. The van der Waals surface area contributed by atoms with Crippen LogP contribution >= 0.6 is 46.7 Å². The van der Waals surface area contributed by atoms with Gasteiger partial charge in [-0.05, 0) is 35.8 Å². The zero-order chi connectivity index (χ0) is 16.5. The summed E-state index contributed by atoms with van der Waals surface area (Å²) in [6, 6.07) is 11.7. The highest BCUT2D eigenvalue weighted by atomic mass is 32.2. The summed E-state index contributed by atoms with van der Waals surface area (Å²) in [4.78, 5) is 19.3. The lowest BCUT2D eigenvalue weighted by atomic mass is 10.3. The maximum absolute atomic E-state index is 12.0. The van der Waals surface area contributed by atoms with E-state index in [1.807, 2.05) is 41.8 Å². The van der Waals surface area contributed by atoms with Gasteiger partial charge in [-0.2, -0.15) is 0 Å². The number of nitrogens with zero attached hydrogens (tertiary/aromatic N) is 3. The van der Waals surface area contributed by atoms with E-state index in [-0.39, 0.29) is 5.56 Å². The van der Waals surface area contributed by atoms with Crippen LogP contribution in [0.4, 0.5) is 0 Å². The van der Waals surface area contributed by atoms with Gasteiger partial charge in [0.2, 0.25) is 0 Å². The molecule has 4 rings (SSSR count). The number of rotatable bonds is 4. The van der Waals surface area contributed by atoms with Crippen LogP contribution in [0.3, 0.4) is 0 Å². The second kappa shape index (κ2) is 6.60. The molecule has 0 spiro atoms. The molecule has 5 nitrogen and oxygen atoms in total. The average Bonchev–Trinajstić information content (AvgIpc) is 3.20. The van der Waals surface area contributed by atoms with Crippen molar-refractivity contribution in [1.82, 2.24) is 19.7 Å². The van der Waals surface area contributed by atoms with Gasteiger partial charge in [0.05, 0.1) is 17.0 Å². The number of H-pyrrole nitrogens is 1. The molecule has 0 bridgehead atoms. The van der Waals surface area contributed by atoms with Crippen molar-refractivity contribution in [1.29, 1.82) is 0 Å². The molecule has 24 heavy (non-hydrogen) atoms. The molecule has 120 valence electrons. The van der Waals surface area contributed by atoms with Crippen LogP contribution in [0.25, 0.3) is 15.9 Å². The molecule has 0 unspecified atom stereocenters. The number of thioether (sulfide) groups is 1. The molecular formula is C15H10N4OS4. The van der Waals surface area contributed by atoms with Gasteiger partial charge in [0.1, 0.15) is 10.5 Å². The number of para-hydroxylation sites is 1. The van der Waals surface area contributed by atoms with Gasteiger partial charge >= 0.3 is 0 Å². The Kier molecular flexibility index (Phi) is 4.31. The summed E-state index contributed by atoms with van der Waals surface area (Å²) in [5, 5.41) is 6.42. The first kappa shape index (κ1) is 15.7. The maximum Gasteiger partial charge on any atom is 0.268 e. The highest BCUT2D eigenvalue weighted by molar-refractivity contribution is 8.00. The van der Waals surface area contributed by atoms with Gasteiger partial charge < -0.3 is 4.98 Å². The topological polar surface area (TPSA) is 63.6 Å². The molecule has 1 aromatic carbocycles. The van der Waals surface area contributed by atoms with Crippen molar-refractivity contribution in [3.8, 4) is 5.69 Å². The summed E-state index contributed by atoms with van der Waals surface area (Å²) in [5.41, 5.74) is 1.59. The standard InChI is InChI=1S/C15H10N4OS4/c20-13-12-10(6-7-22-12)16-11(17-13)8-23-14-18-19(15(21)24-14)9-4-2-1-3-5-9/h1-7H,8H2,(H,16,17,20). The lowest BCUT2D eigenvalue weighted by Crippen LogP contribution is -2.09. The van der Waals surface area contributed by atoms with Crippen molar-refractivity contribution in [3.05, 3.63) is 61.9 Å². The minimum Gasteiger partial charge on any atom is -0.309 e. The number of fused-ring (bicyclic) bond motifs is 1. The summed E-state index contributed by atoms with van der Waals surface area (Å²) in [5.74, 6) is 1.18. The highest BCUT2D eigenvalue weighted by Crippen LogP contribution is 2.26. The smallest absolute Gasteiger partial charge is 0.268 e. The van der Waals surface area contributed by atoms with Gasteiger partial charge in [0.25, 0.3) is 5.56 Å². The molecule has 0 aliphatic carbocycles. The normalized spacial score (nSPS) is 11.2. The summed E-state index contributed by atoms with van der Waals surface area (Å²) in [6.07, 6.45) is 0. The molecule has 9 heteroatoms. The molecule has 0 aliphatic heterocycles. The molecule has 0 atom stereocenters. The van der Waals surface area contributed by atoms with Gasteiger partial charge in [-0.1, -0.05) is 41.3 Å². The van der Waals surface area contributed by atoms with Crippen LogP contribution in [0, 0.1) is 3.95 Å². The van der Waals surface area contributed by atoms with Crippen LogP contribution in [0.5, 0.6) is 0 Å². The molecule has 3 heterocycles. The van der Waals surface area contributed by atoms with Crippen LogP contribution in [0.15, 0.2) is 50.9 Å². The molecule has 1 N–H and O–H groups in total. The molecule has 0 saturated heterocycles. The van der Waals surface area contributed by atoms with Crippen LogP contribution in [-0.4, -0.2) is 19.7 Å². The fraction of sp³-hybridized carbons (Fsp3) is 0.0667. The molecule has 0 fully saturated rings. The Morgan fingerprint density at radius 1 is 1.25 bits per heavy atom. The Morgan fingerprint density at radius 3 is 2.92 bits per heavy atom. The minimum atomic E-state index is -0.0898. The van der Waals surface area contributed by atoms with Crippen molar-refractivity contribution in [2.45, 2.75) is 10.1 Å². The van der Waals surface area contributed by atoms with E-state index in [1.54, 1.807) is 4.68 Å². The molecule has 0 aliphatic rings. The van der Waals surface area contributed by atoms with Crippen molar-refractivity contribution in [2.75, 3.05) is 0 Å². The monoisotopic (exact) mass is 390 g/mol. The maximum atomic E-state index is 12.0. The van der Waals surface area contributed by atoms with Crippen LogP contribution in [0.1, 0.15) is 5.82 Å². The zero-order valence-electron chi connectivity index (χ0n) is 12.1. The Balaban J connectivity index is 1.57. The molecule has 0 amide bonds. The quantitative estimate of drug-likeness (QED) is 0.417. The number of hydrogen-bond donors (Lipinski definition) is 1. The summed E-state index contributed by atoms with van der Waals surface area (Å²) >= 11 is 9.75. The van der Waals surface area contributed by atoms with Crippen molar-refractivity contribution >= 4 is 56.9 Å². The Bertz CT molecular complexity index is 1110. The third-order valence-corrected chi connectivity index (χ3v) is 6.51. The third kappa shape index (κ3) is 3.07. The van der Waals surface area contributed by atoms with Crippen LogP contribution < -0.4 is 5.56 Å².